The molecule has 3 aromatic rings. The summed E-state index contributed by atoms with van der Waals surface area (Å²) >= 11 is 0. The van der Waals surface area contributed by atoms with E-state index < -0.39 is 22.6 Å². The number of para-hydroxylation sites is 1. The number of esters is 1. The van der Waals surface area contributed by atoms with Gasteiger partial charge in [-0.2, -0.15) is 13.2 Å². The highest BCUT2D eigenvalue weighted by molar-refractivity contribution is 5.96. The molecule has 0 atom stereocenters. The van der Waals surface area contributed by atoms with Crippen LogP contribution in [0.15, 0.2) is 72.8 Å². The van der Waals surface area contributed by atoms with E-state index >= 15 is 0 Å². The lowest BCUT2D eigenvalue weighted by molar-refractivity contribution is -0.384. The van der Waals surface area contributed by atoms with Gasteiger partial charge in [-0.1, -0.05) is 18.2 Å². The van der Waals surface area contributed by atoms with Crippen LogP contribution in [-0.2, 0) is 44.1 Å². The van der Waals surface area contributed by atoms with Gasteiger partial charge in [0.2, 0.25) is 0 Å². The molecule has 1 N–H and O–H groups in total. The van der Waals surface area contributed by atoms with Crippen molar-refractivity contribution in [2.45, 2.75) is 6.18 Å². The van der Waals surface area contributed by atoms with Gasteiger partial charge in [-0.15, -0.1) is 0 Å². The van der Waals surface area contributed by atoms with Crippen molar-refractivity contribution in [1.82, 2.24) is 0 Å². The third kappa shape index (κ3) is 18.8. The number of nitro groups is 1. The molecular weight excluding hydrogens is 709 g/mol. The minimum absolute atomic E-state index is 0.00819. The Morgan fingerprint density at radius 1 is 0.604 bits per heavy atom. The summed E-state index contributed by atoms with van der Waals surface area (Å²) in [4.78, 5) is 22.8. The van der Waals surface area contributed by atoms with Crippen LogP contribution < -0.4 is 10.1 Å². The fraction of sp³-hybridized carbons (Fsp3) is 0.472. The molecule has 0 aliphatic heterocycles. The summed E-state index contributed by atoms with van der Waals surface area (Å²) < 4.78 is 87.9. The second kappa shape index (κ2) is 25.6. The van der Waals surface area contributed by atoms with Crippen LogP contribution in [0.5, 0.6) is 5.75 Å². The topological polar surface area (TPSA) is 155 Å². The molecule has 0 aliphatic carbocycles. The van der Waals surface area contributed by atoms with Crippen LogP contribution in [0.1, 0.15) is 15.9 Å². The predicted octanol–water partition coefficient (Wildman–Crippen LogP) is 5.71. The molecule has 0 fully saturated rings. The Morgan fingerprint density at radius 3 is 1.57 bits per heavy atom. The normalized spacial score (nSPS) is 11.4. The Labute approximate surface area is 305 Å². The molecule has 292 valence electrons. The highest BCUT2D eigenvalue weighted by Crippen LogP contribution is 2.32. The predicted molar refractivity (Wildman–Crippen MR) is 186 cm³/mol. The molecule has 0 heterocycles. The number of non-ortho nitro benzene ring substituents is 1. The van der Waals surface area contributed by atoms with Gasteiger partial charge in [0.1, 0.15) is 19.0 Å². The number of nitrogens with one attached hydrogen (secondary N) is 1. The summed E-state index contributed by atoms with van der Waals surface area (Å²) in [6.45, 7) is 5.54. The zero-order chi connectivity index (χ0) is 38.0. The van der Waals surface area contributed by atoms with Crippen LogP contribution in [0.3, 0.4) is 0 Å². The number of rotatable bonds is 29. The fourth-order valence-corrected chi connectivity index (χ4v) is 4.27. The average molecular weight is 755 g/mol. The van der Waals surface area contributed by atoms with Gasteiger partial charge < -0.3 is 47.9 Å². The van der Waals surface area contributed by atoms with Gasteiger partial charge in [-0.3, -0.25) is 10.1 Å². The molecule has 0 saturated heterocycles. The molecule has 0 radical (unpaired) electrons. The Bertz CT molecular complexity index is 1460. The number of alkyl halides is 3. The molecule has 0 bridgehead atoms. The highest BCUT2D eigenvalue weighted by atomic mass is 19.4. The lowest BCUT2D eigenvalue weighted by Crippen LogP contribution is -2.16. The number of hydrogen-bond acceptors (Lipinski definition) is 13. The molecule has 0 unspecified atom stereocenters. The third-order valence-electron chi connectivity index (χ3n) is 6.85. The molecular formula is C36H45F3N2O12. The van der Waals surface area contributed by atoms with Crippen molar-refractivity contribution < 1.29 is 65.5 Å². The first-order valence-corrected chi connectivity index (χ1v) is 16.9. The number of nitrogens with zero attached hydrogens (tertiary/aromatic N) is 1. The molecule has 0 aromatic heterocycles. The van der Waals surface area contributed by atoms with E-state index in [9.17, 15) is 28.1 Å². The van der Waals surface area contributed by atoms with Gasteiger partial charge in [-0.25, -0.2) is 4.79 Å². The number of carbonyl (C=O) groups is 1. The summed E-state index contributed by atoms with van der Waals surface area (Å²) in [5.41, 5.74) is -0.111. The quantitative estimate of drug-likeness (QED) is 0.0399. The number of benzene rings is 3. The standard InChI is InChI=1S/C36H45F3N2O12/c37-36(38,39)29-4-3-5-30(28-29)40-34-7-2-1-6-33(34)35(42)53-27-25-51-23-21-49-19-17-47-15-13-45-12-14-46-16-18-48-20-22-50-24-26-52-32-10-8-31(9-11-32)41(43)44/h1-11,28,40H,12-27H2. The second-order valence-electron chi connectivity index (χ2n) is 10.8. The minimum atomic E-state index is -4.48. The van der Waals surface area contributed by atoms with Crippen LogP contribution in [0, 0.1) is 10.1 Å². The Balaban J connectivity index is 1.04. The summed E-state index contributed by atoms with van der Waals surface area (Å²) in [7, 11) is 0. The van der Waals surface area contributed by atoms with Crippen molar-refractivity contribution in [2.24, 2.45) is 0 Å². The molecule has 17 heteroatoms. The summed E-state index contributed by atoms with van der Waals surface area (Å²) in [5, 5.41) is 13.5. The molecule has 3 rings (SSSR count). The van der Waals surface area contributed by atoms with E-state index in [0.29, 0.717) is 97.3 Å². The van der Waals surface area contributed by atoms with E-state index in [1.54, 1.807) is 18.2 Å². The number of halogens is 3. The Hall–Kier alpha value is -4.36. The molecule has 3 aromatic carbocycles. The molecule has 0 amide bonds. The number of nitro benzene ring substituents is 1. The van der Waals surface area contributed by atoms with E-state index in [0.717, 1.165) is 12.1 Å². The van der Waals surface area contributed by atoms with Gasteiger partial charge in [0.05, 0.1) is 114 Å². The SMILES string of the molecule is O=C(OCCOCCOCCOCCOCCOCCOCCOCCOc1ccc([N+](=O)[O-])cc1)c1ccccc1Nc1cccc(C(F)(F)F)c1. The van der Waals surface area contributed by atoms with Crippen molar-refractivity contribution in [3.8, 4) is 5.75 Å². The maximum Gasteiger partial charge on any atom is 0.416 e. The average Bonchev–Trinajstić information content (AvgIpc) is 3.15. The molecule has 0 aliphatic rings. The lowest BCUT2D eigenvalue weighted by atomic mass is 10.1. The fourth-order valence-electron chi connectivity index (χ4n) is 4.27. The first-order chi connectivity index (χ1) is 25.7. The summed E-state index contributed by atoms with van der Waals surface area (Å²) in [6.07, 6.45) is -4.48. The van der Waals surface area contributed by atoms with Crippen molar-refractivity contribution in [2.75, 3.05) is 111 Å². The largest absolute Gasteiger partial charge is 0.491 e. The number of carbonyl (C=O) groups excluding carboxylic acids is 1. The zero-order valence-corrected chi connectivity index (χ0v) is 29.2. The van der Waals surface area contributed by atoms with Crippen LogP contribution in [0.2, 0.25) is 0 Å². The van der Waals surface area contributed by atoms with Crippen molar-refractivity contribution in [3.63, 3.8) is 0 Å². The molecule has 0 saturated carbocycles. The first kappa shape index (κ1) is 43.0. The smallest absolute Gasteiger partial charge is 0.416 e. The van der Waals surface area contributed by atoms with E-state index in [-0.39, 0.29) is 36.8 Å². The first-order valence-electron chi connectivity index (χ1n) is 16.9. The van der Waals surface area contributed by atoms with E-state index in [4.69, 9.17) is 42.6 Å². The van der Waals surface area contributed by atoms with E-state index in [1.165, 1.54) is 42.5 Å². The van der Waals surface area contributed by atoms with Gasteiger partial charge >= 0.3 is 12.1 Å². The van der Waals surface area contributed by atoms with Gasteiger partial charge in [0.25, 0.3) is 5.69 Å². The van der Waals surface area contributed by atoms with Crippen LogP contribution in [0.25, 0.3) is 0 Å². The minimum Gasteiger partial charge on any atom is -0.491 e. The molecule has 0 spiro atoms. The van der Waals surface area contributed by atoms with Gasteiger partial charge in [0.15, 0.2) is 0 Å². The highest BCUT2D eigenvalue weighted by Gasteiger charge is 2.30. The van der Waals surface area contributed by atoms with Crippen molar-refractivity contribution in [1.29, 1.82) is 0 Å². The Morgan fingerprint density at radius 2 is 1.08 bits per heavy atom. The second-order valence-corrected chi connectivity index (χ2v) is 10.8. The summed E-state index contributed by atoms with van der Waals surface area (Å²) in [6, 6.07) is 16.9. The van der Waals surface area contributed by atoms with Crippen molar-refractivity contribution >= 4 is 23.0 Å². The van der Waals surface area contributed by atoms with Crippen molar-refractivity contribution in [3.05, 3.63) is 94.0 Å². The maximum atomic E-state index is 13.0. The third-order valence-corrected chi connectivity index (χ3v) is 6.85. The van der Waals surface area contributed by atoms with Gasteiger partial charge in [-0.05, 0) is 42.5 Å². The van der Waals surface area contributed by atoms with Crippen LogP contribution >= 0.6 is 0 Å². The Kier molecular flexibility index (Phi) is 20.8. The van der Waals surface area contributed by atoms with E-state index in [2.05, 4.69) is 5.32 Å². The van der Waals surface area contributed by atoms with Gasteiger partial charge in [0, 0.05) is 17.8 Å². The number of hydrogen-bond donors (Lipinski definition) is 1. The lowest BCUT2D eigenvalue weighted by Gasteiger charge is -2.13. The van der Waals surface area contributed by atoms with Crippen LogP contribution in [-0.4, -0.2) is 117 Å². The molecule has 14 nitrogen and oxygen atoms in total. The number of anilines is 2. The monoisotopic (exact) mass is 754 g/mol. The van der Waals surface area contributed by atoms with Crippen LogP contribution in [0.4, 0.5) is 30.2 Å². The number of ether oxygens (including phenoxy) is 9. The summed E-state index contributed by atoms with van der Waals surface area (Å²) in [5.74, 6) is -0.102. The molecule has 53 heavy (non-hydrogen) atoms. The maximum absolute atomic E-state index is 13.0. The zero-order valence-electron chi connectivity index (χ0n) is 29.2. The van der Waals surface area contributed by atoms with E-state index in [1.807, 2.05) is 0 Å².